The zero-order valence-corrected chi connectivity index (χ0v) is 13.4. The van der Waals surface area contributed by atoms with E-state index in [1.54, 1.807) is 49.7 Å². The number of nitrogens with one attached hydrogen (secondary N) is 1. The van der Waals surface area contributed by atoms with E-state index in [-0.39, 0.29) is 11.9 Å². The summed E-state index contributed by atoms with van der Waals surface area (Å²) in [5, 5.41) is 12.2. The second-order valence-corrected chi connectivity index (χ2v) is 5.56. The van der Waals surface area contributed by atoms with Crippen molar-refractivity contribution < 1.29 is 9.53 Å². The predicted octanol–water partition coefficient (Wildman–Crippen LogP) is 2.57. The van der Waals surface area contributed by atoms with Gasteiger partial charge in [0.05, 0.1) is 12.7 Å². The van der Waals surface area contributed by atoms with Gasteiger partial charge in [-0.25, -0.2) is 4.98 Å². The number of nitrogens with zero attached hydrogens (tertiary/aromatic N) is 3. The number of amides is 1. The Morgan fingerprint density at radius 2 is 2.17 bits per heavy atom. The number of nitriles is 1. The number of ether oxygens (including phenoxy) is 1. The van der Waals surface area contributed by atoms with Gasteiger partial charge in [-0.05, 0) is 49.2 Å². The van der Waals surface area contributed by atoms with E-state index in [0.717, 1.165) is 18.6 Å². The number of hydrogen-bond acceptors (Lipinski definition) is 5. The molecule has 6 heteroatoms. The van der Waals surface area contributed by atoms with Gasteiger partial charge in [-0.2, -0.15) is 5.26 Å². The van der Waals surface area contributed by atoms with E-state index in [9.17, 15) is 10.1 Å². The molecule has 1 atom stereocenters. The largest absolute Gasteiger partial charge is 0.497 e. The zero-order chi connectivity index (χ0) is 16.9. The van der Waals surface area contributed by atoms with Gasteiger partial charge < -0.3 is 15.0 Å². The Hall–Kier alpha value is -3.07. The molecule has 0 unspecified atom stereocenters. The molecule has 1 fully saturated rings. The summed E-state index contributed by atoms with van der Waals surface area (Å²) in [7, 11) is 1.60. The average Bonchev–Trinajstić information content (AvgIpc) is 3.12. The molecule has 1 aliphatic heterocycles. The summed E-state index contributed by atoms with van der Waals surface area (Å²) in [5.41, 5.74) is 1.20. The maximum Gasteiger partial charge on any atom is 0.247 e. The number of benzene rings is 1. The molecule has 1 saturated heterocycles. The second-order valence-electron chi connectivity index (χ2n) is 5.56. The summed E-state index contributed by atoms with van der Waals surface area (Å²) in [5.74, 6) is 1.22. The van der Waals surface area contributed by atoms with E-state index >= 15 is 0 Å². The van der Waals surface area contributed by atoms with Gasteiger partial charge in [0.25, 0.3) is 0 Å². The summed E-state index contributed by atoms with van der Waals surface area (Å²) >= 11 is 0. The lowest BCUT2D eigenvalue weighted by atomic mass is 10.2. The number of rotatable bonds is 4. The van der Waals surface area contributed by atoms with Crippen LogP contribution in [0.1, 0.15) is 18.4 Å². The topological polar surface area (TPSA) is 78.2 Å². The standard InChI is InChI=1S/C18H18N4O2/c1-24-15-8-6-14(7-9-15)21-18(23)16-5-3-11-22(16)17-13(12-19)4-2-10-20-17/h2,4,6-10,16H,3,5,11H2,1H3,(H,21,23)/t16-/m1/s1. The number of hydrogen-bond donors (Lipinski definition) is 1. The Kier molecular flexibility index (Phi) is 4.62. The van der Waals surface area contributed by atoms with E-state index in [1.165, 1.54) is 0 Å². The molecule has 1 amide bonds. The lowest BCUT2D eigenvalue weighted by Crippen LogP contribution is -2.40. The Labute approximate surface area is 140 Å². The lowest BCUT2D eigenvalue weighted by Gasteiger charge is -2.25. The van der Waals surface area contributed by atoms with Crippen molar-refractivity contribution in [2.24, 2.45) is 0 Å². The highest BCUT2D eigenvalue weighted by molar-refractivity contribution is 5.97. The first kappa shape index (κ1) is 15.8. The van der Waals surface area contributed by atoms with Crippen LogP contribution < -0.4 is 15.0 Å². The Balaban J connectivity index is 1.77. The van der Waals surface area contributed by atoms with Crippen molar-refractivity contribution in [2.45, 2.75) is 18.9 Å². The van der Waals surface area contributed by atoms with Crippen LogP contribution in [-0.2, 0) is 4.79 Å². The van der Waals surface area contributed by atoms with Crippen molar-refractivity contribution in [3.8, 4) is 11.8 Å². The minimum Gasteiger partial charge on any atom is -0.497 e. The third kappa shape index (κ3) is 3.15. The summed E-state index contributed by atoms with van der Waals surface area (Å²) in [6.07, 6.45) is 3.28. The number of carbonyl (C=O) groups excluding carboxylic acids is 1. The molecule has 6 nitrogen and oxygen atoms in total. The number of methoxy groups -OCH3 is 1. The molecule has 1 aromatic carbocycles. The SMILES string of the molecule is COc1ccc(NC(=O)[C@H]2CCCN2c2ncccc2C#N)cc1. The molecule has 1 aromatic heterocycles. The van der Waals surface area contributed by atoms with E-state index in [2.05, 4.69) is 16.4 Å². The molecule has 122 valence electrons. The van der Waals surface area contributed by atoms with Gasteiger partial charge >= 0.3 is 0 Å². The van der Waals surface area contributed by atoms with Gasteiger partial charge in [-0.15, -0.1) is 0 Å². The van der Waals surface area contributed by atoms with Crippen molar-refractivity contribution in [1.82, 2.24) is 4.98 Å². The highest BCUT2D eigenvalue weighted by Crippen LogP contribution is 2.27. The molecule has 0 spiro atoms. The number of aromatic nitrogens is 1. The van der Waals surface area contributed by atoms with Crippen molar-refractivity contribution in [3.05, 3.63) is 48.2 Å². The monoisotopic (exact) mass is 322 g/mol. The predicted molar refractivity (Wildman–Crippen MR) is 90.9 cm³/mol. The van der Waals surface area contributed by atoms with E-state index in [1.807, 2.05) is 4.90 Å². The maximum atomic E-state index is 12.7. The van der Waals surface area contributed by atoms with Gasteiger partial charge in [0.2, 0.25) is 5.91 Å². The van der Waals surface area contributed by atoms with Crippen molar-refractivity contribution >= 4 is 17.4 Å². The quantitative estimate of drug-likeness (QED) is 0.936. The molecule has 0 aliphatic carbocycles. The van der Waals surface area contributed by atoms with Crippen LogP contribution in [0.4, 0.5) is 11.5 Å². The summed E-state index contributed by atoms with van der Waals surface area (Å²) < 4.78 is 5.11. The summed E-state index contributed by atoms with van der Waals surface area (Å²) in [6, 6.07) is 12.5. The van der Waals surface area contributed by atoms with E-state index in [0.29, 0.717) is 23.6 Å². The fourth-order valence-electron chi connectivity index (χ4n) is 2.91. The zero-order valence-electron chi connectivity index (χ0n) is 13.4. The normalized spacial score (nSPS) is 16.5. The Morgan fingerprint density at radius 1 is 1.38 bits per heavy atom. The number of anilines is 2. The molecule has 0 radical (unpaired) electrons. The molecule has 1 N–H and O–H groups in total. The van der Waals surface area contributed by atoms with Crippen LogP contribution in [0.15, 0.2) is 42.6 Å². The molecular formula is C18H18N4O2. The minimum atomic E-state index is -0.325. The van der Waals surface area contributed by atoms with Crippen LogP contribution in [0.2, 0.25) is 0 Å². The lowest BCUT2D eigenvalue weighted by molar-refractivity contribution is -0.117. The second kappa shape index (κ2) is 7.01. The van der Waals surface area contributed by atoms with Crippen LogP contribution in [0.5, 0.6) is 5.75 Å². The van der Waals surface area contributed by atoms with Crippen LogP contribution in [0.25, 0.3) is 0 Å². The smallest absolute Gasteiger partial charge is 0.247 e. The molecular weight excluding hydrogens is 304 g/mol. The summed E-state index contributed by atoms with van der Waals surface area (Å²) in [6.45, 7) is 0.715. The molecule has 24 heavy (non-hydrogen) atoms. The molecule has 2 heterocycles. The maximum absolute atomic E-state index is 12.7. The first-order valence-electron chi connectivity index (χ1n) is 7.79. The summed E-state index contributed by atoms with van der Waals surface area (Å²) in [4.78, 5) is 18.9. The third-order valence-electron chi connectivity index (χ3n) is 4.09. The van der Waals surface area contributed by atoms with Crippen molar-refractivity contribution in [3.63, 3.8) is 0 Å². The van der Waals surface area contributed by atoms with Gasteiger partial charge in [0.1, 0.15) is 23.7 Å². The molecule has 2 aromatic rings. The highest BCUT2D eigenvalue weighted by atomic mass is 16.5. The first-order chi connectivity index (χ1) is 11.7. The van der Waals surface area contributed by atoms with Gasteiger partial charge in [0, 0.05) is 18.4 Å². The average molecular weight is 322 g/mol. The highest BCUT2D eigenvalue weighted by Gasteiger charge is 2.32. The fourth-order valence-corrected chi connectivity index (χ4v) is 2.91. The first-order valence-corrected chi connectivity index (χ1v) is 7.79. The number of carbonyl (C=O) groups is 1. The fraction of sp³-hybridized carbons (Fsp3) is 0.278. The Morgan fingerprint density at radius 3 is 2.88 bits per heavy atom. The third-order valence-corrected chi connectivity index (χ3v) is 4.09. The molecule has 0 saturated carbocycles. The van der Waals surface area contributed by atoms with Crippen LogP contribution in [0, 0.1) is 11.3 Å². The van der Waals surface area contributed by atoms with Crippen LogP contribution in [-0.4, -0.2) is 30.6 Å². The van der Waals surface area contributed by atoms with E-state index in [4.69, 9.17) is 4.74 Å². The van der Waals surface area contributed by atoms with Gasteiger partial charge in [-0.3, -0.25) is 4.79 Å². The minimum absolute atomic E-state index is 0.0905. The van der Waals surface area contributed by atoms with E-state index < -0.39 is 0 Å². The van der Waals surface area contributed by atoms with Crippen LogP contribution >= 0.6 is 0 Å². The molecule has 0 bridgehead atoms. The van der Waals surface area contributed by atoms with Gasteiger partial charge in [0.15, 0.2) is 0 Å². The molecule has 1 aliphatic rings. The molecule has 3 rings (SSSR count). The van der Waals surface area contributed by atoms with Crippen molar-refractivity contribution in [2.75, 3.05) is 23.9 Å². The Bertz CT molecular complexity index is 767. The van der Waals surface area contributed by atoms with Gasteiger partial charge in [-0.1, -0.05) is 0 Å². The number of pyridine rings is 1. The van der Waals surface area contributed by atoms with Crippen molar-refractivity contribution in [1.29, 1.82) is 5.26 Å². The van der Waals surface area contributed by atoms with Crippen LogP contribution in [0.3, 0.4) is 0 Å².